The molecule has 1 aromatic heterocycles. The highest BCUT2D eigenvalue weighted by atomic mass is 35.5. The van der Waals surface area contributed by atoms with Gasteiger partial charge in [-0.15, -0.1) is 0 Å². The van der Waals surface area contributed by atoms with Crippen molar-refractivity contribution in [2.75, 3.05) is 7.05 Å². The lowest BCUT2D eigenvalue weighted by Gasteiger charge is -2.18. The van der Waals surface area contributed by atoms with Crippen LogP contribution < -0.4 is 0 Å². The van der Waals surface area contributed by atoms with Crippen LogP contribution in [0.2, 0.25) is 5.02 Å². The second kappa shape index (κ2) is 5.96. The molecule has 1 heterocycles. The molecule has 2 aromatic rings. The number of benzene rings is 1. The van der Waals surface area contributed by atoms with E-state index in [9.17, 15) is 13.6 Å². The van der Waals surface area contributed by atoms with Crippen molar-refractivity contribution in [3.8, 4) is 0 Å². The molecule has 0 radical (unpaired) electrons. The van der Waals surface area contributed by atoms with Gasteiger partial charge < -0.3 is 4.90 Å². The van der Waals surface area contributed by atoms with E-state index in [-0.39, 0.29) is 22.8 Å². The number of amides is 1. The Balaban J connectivity index is 2.20. The molecule has 0 aliphatic rings. The van der Waals surface area contributed by atoms with E-state index in [0.29, 0.717) is 0 Å². The van der Waals surface area contributed by atoms with Crippen LogP contribution in [0.4, 0.5) is 8.78 Å². The minimum absolute atomic E-state index is 0.0253. The first kappa shape index (κ1) is 14.4. The predicted octanol–water partition coefficient (Wildman–Crippen LogP) is 3.29. The number of pyridine rings is 1. The minimum Gasteiger partial charge on any atom is -0.336 e. The molecular formula is C14H11ClF2N2O. The quantitative estimate of drug-likeness (QED) is 0.814. The van der Waals surface area contributed by atoms with E-state index in [0.717, 1.165) is 6.07 Å². The zero-order valence-corrected chi connectivity index (χ0v) is 11.4. The molecule has 2 rings (SSSR count). The molecule has 1 amide bonds. The van der Waals surface area contributed by atoms with Gasteiger partial charge in [0, 0.05) is 17.6 Å². The SMILES string of the molecule is CN(Cc1c(F)cccc1Cl)C(=O)c1cccc(F)n1. The van der Waals surface area contributed by atoms with E-state index < -0.39 is 17.7 Å². The van der Waals surface area contributed by atoms with E-state index in [1.54, 1.807) is 6.07 Å². The maximum atomic E-state index is 13.6. The number of hydrogen-bond acceptors (Lipinski definition) is 2. The van der Waals surface area contributed by atoms with Crippen molar-refractivity contribution in [3.63, 3.8) is 0 Å². The van der Waals surface area contributed by atoms with Gasteiger partial charge in [-0.05, 0) is 24.3 Å². The summed E-state index contributed by atoms with van der Waals surface area (Å²) in [5, 5.41) is 0.233. The van der Waals surface area contributed by atoms with Crippen LogP contribution in [0.25, 0.3) is 0 Å². The Kier molecular flexibility index (Phi) is 4.29. The third-order valence-corrected chi connectivity index (χ3v) is 3.09. The van der Waals surface area contributed by atoms with Crippen LogP contribution >= 0.6 is 11.6 Å². The molecule has 0 bridgehead atoms. The third kappa shape index (κ3) is 3.11. The molecule has 0 spiro atoms. The first-order valence-corrected chi connectivity index (χ1v) is 6.17. The van der Waals surface area contributed by atoms with E-state index in [1.165, 1.54) is 36.2 Å². The molecule has 0 unspecified atom stereocenters. The molecule has 0 aliphatic carbocycles. The van der Waals surface area contributed by atoms with Gasteiger partial charge in [0.05, 0.1) is 6.54 Å². The largest absolute Gasteiger partial charge is 0.336 e. The Bertz CT molecular complexity index is 629. The van der Waals surface area contributed by atoms with Crippen LogP contribution in [0.5, 0.6) is 0 Å². The second-order valence-electron chi connectivity index (χ2n) is 4.21. The third-order valence-electron chi connectivity index (χ3n) is 2.74. The van der Waals surface area contributed by atoms with Crippen molar-refractivity contribution in [3.05, 3.63) is 64.4 Å². The van der Waals surface area contributed by atoms with Gasteiger partial charge >= 0.3 is 0 Å². The summed E-state index contributed by atoms with van der Waals surface area (Å²) in [5.41, 5.74) is 0.168. The number of nitrogens with zero attached hydrogens (tertiary/aromatic N) is 2. The van der Waals surface area contributed by atoms with E-state index >= 15 is 0 Å². The maximum Gasteiger partial charge on any atom is 0.272 e. The zero-order valence-electron chi connectivity index (χ0n) is 10.6. The summed E-state index contributed by atoms with van der Waals surface area (Å²) in [5.74, 6) is -1.75. The average molecular weight is 297 g/mol. The number of rotatable bonds is 3. The minimum atomic E-state index is -0.742. The summed E-state index contributed by atoms with van der Waals surface area (Å²) in [6, 6.07) is 8.21. The maximum absolute atomic E-state index is 13.6. The second-order valence-corrected chi connectivity index (χ2v) is 4.61. The monoisotopic (exact) mass is 296 g/mol. The summed E-state index contributed by atoms with van der Waals surface area (Å²) in [6.45, 7) is -0.0253. The van der Waals surface area contributed by atoms with Crippen molar-refractivity contribution in [2.45, 2.75) is 6.54 Å². The highest BCUT2D eigenvalue weighted by Gasteiger charge is 2.17. The average Bonchev–Trinajstić information content (AvgIpc) is 2.42. The van der Waals surface area contributed by atoms with Crippen LogP contribution in [0.15, 0.2) is 36.4 Å². The molecule has 3 nitrogen and oxygen atoms in total. The molecular weight excluding hydrogens is 286 g/mol. The van der Waals surface area contributed by atoms with E-state index in [4.69, 9.17) is 11.6 Å². The van der Waals surface area contributed by atoms with Crippen LogP contribution in [-0.2, 0) is 6.54 Å². The summed E-state index contributed by atoms with van der Waals surface area (Å²) >= 11 is 5.90. The van der Waals surface area contributed by atoms with Crippen molar-refractivity contribution >= 4 is 17.5 Å². The Hall–Kier alpha value is -2.01. The fourth-order valence-electron chi connectivity index (χ4n) is 1.72. The van der Waals surface area contributed by atoms with Crippen molar-refractivity contribution in [2.24, 2.45) is 0 Å². The molecule has 0 atom stereocenters. The lowest BCUT2D eigenvalue weighted by molar-refractivity contribution is 0.0777. The van der Waals surface area contributed by atoms with Crippen molar-refractivity contribution < 1.29 is 13.6 Å². The van der Waals surface area contributed by atoms with Crippen LogP contribution in [-0.4, -0.2) is 22.8 Å². The van der Waals surface area contributed by atoms with Gasteiger partial charge in [-0.25, -0.2) is 9.37 Å². The fourth-order valence-corrected chi connectivity index (χ4v) is 1.94. The molecule has 1 aromatic carbocycles. The van der Waals surface area contributed by atoms with Crippen LogP contribution in [0, 0.1) is 11.8 Å². The van der Waals surface area contributed by atoms with Crippen LogP contribution in [0.3, 0.4) is 0 Å². The summed E-state index contributed by atoms with van der Waals surface area (Å²) in [7, 11) is 1.47. The molecule has 104 valence electrons. The lowest BCUT2D eigenvalue weighted by atomic mass is 10.2. The van der Waals surface area contributed by atoms with E-state index in [1.807, 2.05) is 0 Å². The summed E-state index contributed by atoms with van der Waals surface area (Å²) in [4.78, 5) is 16.8. The summed E-state index contributed by atoms with van der Waals surface area (Å²) in [6.07, 6.45) is 0. The Morgan fingerprint density at radius 3 is 2.60 bits per heavy atom. The van der Waals surface area contributed by atoms with Gasteiger partial charge in [0.1, 0.15) is 11.5 Å². The lowest BCUT2D eigenvalue weighted by Crippen LogP contribution is -2.27. The molecule has 0 aliphatic heterocycles. The highest BCUT2D eigenvalue weighted by molar-refractivity contribution is 6.31. The van der Waals surface area contributed by atoms with Gasteiger partial charge in [-0.1, -0.05) is 23.7 Å². The van der Waals surface area contributed by atoms with Gasteiger partial charge in [0.25, 0.3) is 5.91 Å². The molecule has 0 N–H and O–H groups in total. The Morgan fingerprint density at radius 2 is 1.95 bits per heavy atom. The number of carbonyl (C=O) groups is 1. The highest BCUT2D eigenvalue weighted by Crippen LogP contribution is 2.20. The Labute approximate surface area is 119 Å². The normalized spacial score (nSPS) is 10.4. The standard InChI is InChI=1S/C14H11ClF2N2O/c1-19(8-9-10(15)4-2-5-11(9)16)14(20)12-6-3-7-13(17)18-12/h2-7H,8H2,1H3. The Morgan fingerprint density at radius 1 is 1.25 bits per heavy atom. The fraction of sp³-hybridized carbons (Fsp3) is 0.143. The van der Waals surface area contributed by atoms with Gasteiger partial charge in [0.2, 0.25) is 5.95 Å². The topological polar surface area (TPSA) is 33.2 Å². The van der Waals surface area contributed by atoms with E-state index in [2.05, 4.69) is 4.98 Å². The number of aromatic nitrogens is 1. The first-order chi connectivity index (χ1) is 9.49. The zero-order chi connectivity index (χ0) is 14.7. The number of halogens is 3. The smallest absolute Gasteiger partial charge is 0.272 e. The molecule has 20 heavy (non-hydrogen) atoms. The van der Waals surface area contributed by atoms with Crippen molar-refractivity contribution in [1.82, 2.24) is 9.88 Å². The van der Waals surface area contributed by atoms with Gasteiger partial charge in [-0.3, -0.25) is 4.79 Å². The first-order valence-electron chi connectivity index (χ1n) is 5.80. The number of carbonyl (C=O) groups excluding carboxylic acids is 1. The van der Waals surface area contributed by atoms with Crippen molar-refractivity contribution in [1.29, 1.82) is 0 Å². The molecule has 0 saturated heterocycles. The summed E-state index contributed by atoms with van der Waals surface area (Å²) < 4.78 is 26.6. The van der Waals surface area contributed by atoms with Gasteiger partial charge in [0.15, 0.2) is 0 Å². The van der Waals surface area contributed by atoms with Gasteiger partial charge in [-0.2, -0.15) is 4.39 Å². The predicted molar refractivity (Wildman–Crippen MR) is 71.4 cm³/mol. The molecule has 0 saturated carbocycles. The number of hydrogen-bond donors (Lipinski definition) is 0. The molecule has 6 heteroatoms. The van der Waals surface area contributed by atoms with Crippen LogP contribution in [0.1, 0.15) is 16.1 Å². The molecule has 0 fully saturated rings.